The zero-order valence-electron chi connectivity index (χ0n) is 11.8. The van der Waals surface area contributed by atoms with Crippen LogP contribution in [0.15, 0.2) is 12.1 Å². The van der Waals surface area contributed by atoms with Crippen molar-refractivity contribution in [1.29, 1.82) is 0 Å². The van der Waals surface area contributed by atoms with E-state index >= 15 is 0 Å². The van der Waals surface area contributed by atoms with Crippen LogP contribution in [0.2, 0.25) is 0 Å². The van der Waals surface area contributed by atoms with Crippen molar-refractivity contribution in [2.75, 3.05) is 0 Å². The lowest BCUT2D eigenvalue weighted by atomic mass is 9.98. The van der Waals surface area contributed by atoms with Gasteiger partial charge in [-0.05, 0) is 31.9 Å². The Morgan fingerprint density at radius 3 is 2.25 bits per heavy atom. The maximum Gasteiger partial charge on any atom is 0.194 e. The number of hydrogen-bond acceptors (Lipinski definition) is 1. The van der Waals surface area contributed by atoms with E-state index in [1.165, 1.54) is 0 Å². The van der Waals surface area contributed by atoms with E-state index in [0.717, 1.165) is 37.8 Å². The average Bonchev–Trinajstić information content (AvgIpc) is 2.39. The van der Waals surface area contributed by atoms with Gasteiger partial charge in [-0.1, -0.05) is 38.0 Å². The Morgan fingerprint density at radius 1 is 1.10 bits per heavy atom. The first kappa shape index (κ1) is 16.6. The molecular formula is C16H19F3O. The van der Waals surface area contributed by atoms with Crippen LogP contribution in [-0.4, -0.2) is 10.7 Å². The molecule has 1 aromatic rings. The highest BCUT2D eigenvalue weighted by molar-refractivity contribution is 5.37. The van der Waals surface area contributed by atoms with Gasteiger partial charge in [-0.15, -0.1) is 0 Å². The Hall–Kier alpha value is -1.47. The van der Waals surface area contributed by atoms with Crippen LogP contribution < -0.4 is 0 Å². The van der Waals surface area contributed by atoms with E-state index < -0.39 is 23.1 Å². The fraction of sp³-hybridized carbons (Fsp3) is 0.500. The molecule has 1 unspecified atom stereocenters. The molecular weight excluding hydrogens is 265 g/mol. The Morgan fingerprint density at radius 2 is 1.70 bits per heavy atom. The number of unbranched alkanes of at least 4 members (excludes halogenated alkanes) is 3. The summed E-state index contributed by atoms with van der Waals surface area (Å²) in [6.45, 7) is 3.65. The molecule has 0 bridgehead atoms. The van der Waals surface area contributed by atoms with Gasteiger partial charge < -0.3 is 5.11 Å². The molecule has 110 valence electrons. The highest BCUT2D eigenvalue weighted by atomic mass is 19.2. The first-order valence-corrected chi connectivity index (χ1v) is 6.76. The largest absolute Gasteiger partial charge is 0.378 e. The number of rotatable bonds is 5. The van der Waals surface area contributed by atoms with Crippen LogP contribution in [0.5, 0.6) is 0 Å². The molecule has 0 spiro atoms. The number of aliphatic hydroxyl groups is 1. The van der Waals surface area contributed by atoms with Crippen LogP contribution in [0, 0.1) is 29.3 Å². The van der Waals surface area contributed by atoms with Crippen LogP contribution in [0.25, 0.3) is 0 Å². The van der Waals surface area contributed by atoms with Crippen molar-refractivity contribution in [3.63, 3.8) is 0 Å². The van der Waals surface area contributed by atoms with Gasteiger partial charge in [0.2, 0.25) is 0 Å². The second-order valence-corrected chi connectivity index (χ2v) is 5.09. The summed E-state index contributed by atoms with van der Waals surface area (Å²) >= 11 is 0. The summed E-state index contributed by atoms with van der Waals surface area (Å²) < 4.78 is 38.8. The summed E-state index contributed by atoms with van der Waals surface area (Å²) in [6.07, 6.45) is 4.53. The molecule has 0 saturated heterocycles. The summed E-state index contributed by atoms with van der Waals surface area (Å²) in [6, 6.07) is 1.64. The van der Waals surface area contributed by atoms with E-state index in [-0.39, 0.29) is 5.56 Å². The molecule has 0 aromatic heterocycles. The summed E-state index contributed by atoms with van der Waals surface area (Å²) in [7, 11) is 0. The molecule has 0 amide bonds. The summed E-state index contributed by atoms with van der Waals surface area (Å²) in [4.78, 5) is 0. The van der Waals surface area contributed by atoms with Gasteiger partial charge in [-0.3, -0.25) is 0 Å². The topological polar surface area (TPSA) is 20.2 Å². The van der Waals surface area contributed by atoms with Gasteiger partial charge in [0.05, 0.1) is 0 Å². The molecule has 4 heteroatoms. The lowest BCUT2D eigenvalue weighted by Gasteiger charge is -2.15. The SMILES string of the molecule is CCCCCCC(C)(O)C#Cc1cc(F)c(F)c(F)c1. The summed E-state index contributed by atoms with van der Waals surface area (Å²) in [5.74, 6) is 0.990. The van der Waals surface area contributed by atoms with Crippen molar-refractivity contribution in [1.82, 2.24) is 0 Å². The number of hydrogen-bond donors (Lipinski definition) is 1. The summed E-state index contributed by atoms with van der Waals surface area (Å²) in [5.41, 5.74) is -1.20. The van der Waals surface area contributed by atoms with Crippen molar-refractivity contribution >= 4 is 0 Å². The van der Waals surface area contributed by atoms with Crippen molar-refractivity contribution < 1.29 is 18.3 Å². The second-order valence-electron chi connectivity index (χ2n) is 5.09. The second kappa shape index (κ2) is 7.35. The maximum absolute atomic E-state index is 13.0. The van der Waals surface area contributed by atoms with Crippen LogP contribution in [-0.2, 0) is 0 Å². The van der Waals surface area contributed by atoms with Gasteiger partial charge >= 0.3 is 0 Å². The third-order valence-corrected chi connectivity index (χ3v) is 2.98. The van der Waals surface area contributed by atoms with Crippen molar-refractivity contribution in [2.45, 2.75) is 51.6 Å². The molecule has 1 N–H and O–H groups in total. The van der Waals surface area contributed by atoms with Crippen molar-refractivity contribution in [3.8, 4) is 11.8 Å². The molecule has 1 nitrogen and oxygen atoms in total. The Balaban J connectivity index is 2.72. The van der Waals surface area contributed by atoms with Crippen molar-refractivity contribution in [3.05, 3.63) is 35.1 Å². The molecule has 0 radical (unpaired) electrons. The third kappa shape index (κ3) is 5.26. The Bertz CT molecular complexity index is 489. The van der Waals surface area contributed by atoms with Crippen LogP contribution in [0.3, 0.4) is 0 Å². The fourth-order valence-electron chi connectivity index (χ4n) is 1.79. The molecule has 0 fully saturated rings. The smallest absolute Gasteiger partial charge is 0.194 e. The van der Waals surface area contributed by atoms with Gasteiger partial charge in [0.25, 0.3) is 0 Å². The molecule has 1 rings (SSSR count). The maximum atomic E-state index is 13.0. The zero-order chi connectivity index (χ0) is 15.2. The quantitative estimate of drug-likeness (QED) is 0.488. The molecule has 0 heterocycles. The fourth-order valence-corrected chi connectivity index (χ4v) is 1.79. The normalized spacial score (nSPS) is 13.5. The molecule has 1 aromatic carbocycles. The molecule has 20 heavy (non-hydrogen) atoms. The third-order valence-electron chi connectivity index (χ3n) is 2.98. The van der Waals surface area contributed by atoms with Gasteiger partial charge in [0, 0.05) is 5.56 Å². The molecule has 0 aliphatic heterocycles. The molecule has 0 saturated carbocycles. The number of benzene rings is 1. The standard InChI is InChI=1S/C16H19F3O/c1-3-4-5-6-8-16(2,20)9-7-12-10-13(17)15(19)14(18)11-12/h10-11,20H,3-6,8H2,1-2H3. The average molecular weight is 284 g/mol. The minimum absolute atomic E-state index is 0.00948. The Labute approximate surface area is 117 Å². The van der Waals surface area contributed by atoms with E-state index in [1.807, 2.05) is 0 Å². The van der Waals surface area contributed by atoms with E-state index in [0.29, 0.717) is 6.42 Å². The Kier molecular flexibility index (Phi) is 6.09. The minimum Gasteiger partial charge on any atom is -0.378 e. The minimum atomic E-state index is -1.51. The molecule has 0 aliphatic carbocycles. The highest BCUT2D eigenvalue weighted by Gasteiger charge is 2.16. The van der Waals surface area contributed by atoms with Crippen LogP contribution in [0.4, 0.5) is 13.2 Å². The predicted molar refractivity (Wildman–Crippen MR) is 72.6 cm³/mol. The lowest BCUT2D eigenvalue weighted by molar-refractivity contribution is 0.109. The van der Waals surface area contributed by atoms with Crippen molar-refractivity contribution in [2.24, 2.45) is 0 Å². The van der Waals surface area contributed by atoms with Gasteiger partial charge in [-0.25, -0.2) is 13.2 Å². The zero-order valence-corrected chi connectivity index (χ0v) is 11.8. The predicted octanol–water partition coefficient (Wildman–Crippen LogP) is 4.18. The molecule has 1 atom stereocenters. The lowest BCUT2D eigenvalue weighted by Crippen LogP contribution is -2.21. The first-order valence-electron chi connectivity index (χ1n) is 6.76. The van der Waals surface area contributed by atoms with E-state index in [1.54, 1.807) is 6.92 Å². The van der Waals surface area contributed by atoms with Crippen LogP contribution >= 0.6 is 0 Å². The summed E-state index contributed by atoms with van der Waals surface area (Å²) in [5, 5.41) is 10.0. The van der Waals surface area contributed by atoms with E-state index in [2.05, 4.69) is 18.8 Å². The highest BCUT2D eigenvalue weighted by Crippen LogP contribution is 2.16. The van der Waals surface area contributed by atoms with Gasteiger partial charge in [-0.2, -0.15) is 0 Å². The van der Waals surface area contributed by atoms with E-state index in [9.17, 15) is 18.3 Å². The number of halogens is 3. The monoisotopic (exact) mass is 284 g/mol. The van der Waals surface area contributed by atoms with E-state index in [4.69, 9.17) is 0 Å². The van der Waals surface area contributed by atoms with Gasteiger partial charge in [0.15, 0.2) is 17.5 Å². The first-order chi connectivity index (χ1) is 9.35. The molecule has 0 aliphatic rings. The van der Waals surface area contributed by atoms with Crippen LogP contribution in [0.1, 0.15) is 51.5 Å². The van der Waals surface area contributed by atoms with Gasteiger partial charge in [0.1, 0.15) is 5.60 Å².